The number of para-hydroxylation sites is 2. The molecule has 2 heteroatoms. The van der Waals surface area contributed by atoms with Gasteiger partial charge in [-0.15, -0.1) is 0 Å². The van der Waals surface area contributed by atoms with Crippen molar-refractivity contribution in [3.63, 3.8) is 0 Å². The van der Waals surface area contributed by atoms with E-state index in [9.17, 15) is 0 Å². The molecular formula is C16H24N2. The Kier molecular flexibility index (Phi) is 2.96. The van der Waals surface area contributed by atoms with Crippen molar-refractivity contribution in [1.82, 2.24) is 0 Å². The lowest BCUT2D eigenvalue weighted by molar-refractivity contribution is 0.388. The zero-order valence-corrected chi connectivity index (χ0v) is 11.6. The van der Waals surface area contributed by atoms with Crippen molar-refractivity contribution in [2.24, 2.45) is 0 Å². The van der Waals surface area contributed by atoms with Crippen LogP contribution in [0.15, 0.2) is 24.3 Å². The first-order valence-electron chi connectivity index (χ1n) is 7.30. The fraction of sp³-hybridized carbons (Fsp3) is 0.625. The maximum Gasteiger partial charge on any atom is 0.0605 e. The Morgan fingerprint density at radius 1 is 1.11 bits per heavy atom. The third-order valence-electron chi connectivity index (χ3n) is 4.27. The van der Waals surface area contributed by atoms with Gasteiger partial charge in [-0.25, -0.2) is 0 Å². The van der Waals surface area contributed by atoms with E-state index in [1.165, 1.54) is 43.5 Å². The van der Waals surface area contributed by atoms with Crippen LogP contribution in [0.3, 0.4) is 0 Å². The largest absolute Gasteiger partial charge is 0.377 e. The molecule has 0 atom stereocenters. The van der Waals surface area contributed by atoms with Crippen LogP contribution in [0.4, 0.5) is 11.4 Å². The average molecular weight is 244 g/mol. The van der Waals surface area contributed by atoms with Crippen molar-refractivity contribution in [3.05, 3.63) is 24.3 Å². The molecule has 1 aromatic rings. The van der Waals surface area contributed by atoms with Crippen molar-refractivity contribution >= 4 is 11.4 Å². The summed E-state index contributed by atoms with van der Waals surface area (Å²) in [5, 5.41) is 3.66. The molecule has 98 valence electrons. The number of nitrogens with one attached hydrogen (secondary N) is 1. The molecule has 0 radical (unpaired) electrons. The van der Waals surface area contributed by atoms with E-state index in [-0.39, 0.29) is 5.54 Å². The van der Waals surface area contributed by atoms with Crippen molar-refractivity contribution < 1.29 is 0 Å². The van der Waals surface area contributed by atoms with Gasteiger partial charge in [0.05, 0.1) is 11.4 Å². The van der Waals surface area contributed by atoms with E-state index in [1.54, 1.807) is 0 Å². The fourth-order valence-corrected chi connectivity index (χ4v) is 3.46. The zero-order chi connectivity index (χ0) is 12.6. The van der Waals surface area contributed by atoms with Crippen LogP contribution in [0.1, 0.15) is 46.0 Å². The van der Waals surface area contributed by atoms with Crippen molar-refractivity contribution in [2.45, 2.75) is 57.5 Å². The summed E-state index contributed by atoms with van der Waals surface area (Å²) in [4.78, 5) is 2.66. The molecule has 2 aliphatic rings. The highest BCUT2D eigenvalue weighted by atomic mass is 15.2. The Balaban J connectivity index is 1.93. The highest BCUT2D eigenvalue weighted by Crippen LogP contribution is 2.38. The topological polar surface area (TPSA) is 15.3 Å². The Hall–Kier alpha value is -1.18. The summed E-state index contributed by atoms with van der Waals surface area (Å²) < 4.78 is 0. The van der Waals surface area contributed by atoms with Crippen molar-refractivity contribution in [2.75, 3.05) is 16.8 Å². The predicted molar refractivity (Wildman–Crippen MR) is 78.4 cm³/mol. The minimum Gasteiger partial charge on any atom is -0.377 e. The van der Waals surface area contributed by atoms with Crippen LogP contribution in [-0.4, -0.2) is 18.1 Å². The van der Waals surface area contributed by atoms with E-state index >= 15 is 0 Å². The van der Waals surface area contributed by atoms with E-state index in [2.05, 4.69) is 48.3 Å². The molecule has 1 aliphatic heterocycles. The number of fused-ring (bicyclic) bond motifs is 1. The number of anilines is 2. The second kappa shape index (κ2) is 4.49. The molecule has 1 heterocycles. The lowest BCUT2D eigenvalue weighted by Gasteiger charge is -2.46. The van der Waals surface area contributed by atoms with Crippen LogP contribution in [0.2, 0.25) is 0 Å². The van der Waals surface area contributed by atoms with E-state index in [1.807, 2.05) is 0 Å². The molecule has 3 rings (SSSR count). The number of nitrogens with zero attached hydrogens (tertiary/aromatic N) is 1. The van der Waals surface area contributed by atoms with Gasteiger partial charge in [0.25, 0.3) is 0 Å². The molecule has 1 aromatic carbocycles. The number of hydrogen-bond donors (Lipinski definition) is 1. The van der Waals surface area contributed by atoms with Crippen LogP contribution in [-0.2, 0) is 0 Å². The summed E-state index contributed by atoms with van der Waals surface area (Å²) in [6.07, 6.45) is 6.96. The van der Waals surface area contributed by atoms with Crippen molar-refractivity contribution in [3.8, 4) is 0 Å². The van der Waals surface area contributed by atoms with Gasteiger partial charge in [-0.2, -0.15) is 0 Å². The van der Waals surface area contributed by atoms with Crippen LogP contribution in [0.5, 0.6) is 0 Å². The highest BCUT2D eigenvalue weighted by molar-refractivity contribution is 5.73. The second-order valence-electron chi connectivity index (χ2n) is 6.45. The van der Waals surface area contributed by atoms with Crippen LogP contribution < -0.4 is 10.2 Å². The molecule has 0 spiro atoms. The van der Waals surface area contributed by atoms with Crippen molar-refractivity contribution in [1.29, 1.82) is 0 Å². The van der Waals surface area contributed by atoms with Gasteiger partial charge in [-0.1, -0.05) is 31.4 Å². The molecule has 1 N–H and O–H groups in total. The van der Waals surface area contributed by atoms with E-state index in [0.717, 1.165) is 12.6 Å². The summed E-state index contributed by atoms with van der Waals surface area (Å²) in [6, 6.07) is 9.53. The Morgan fingerprint density at radius 2 is 1.83 bits per heavy atom. The van der Waals surface area contributed by atoms with Gasteiger partial charge in [0.15, 0.2) is 0 Å². The molecule has 18 heavy (non-hydrogen) atoms. The molecule has 0 bridgehead atoms. The van der Waals surface area contributed by atoms with E-state index in [4.69, 9.17) is 0 Å². The normalized spacial score (nSPS) is 23.3. The molecule has 0 saturated heterocycles. The summed E-state index contributed by atoms with van der Waals surface area (Å²) in [6.45, 7) is 5.73. The van der Waals surface area contributed by atoms with Gasteiger partial charge < -0.3 is 10.2 Å². The smallest absolute Gasteiger partial charge is 0.0605 e. The highest BCUT2D eigenvalue weighted by Gasteiger charge is 2.33. The van der Waals surface area contributed by atoms with Crippen LogP contribution >= 0.6 is 0 Å². The van der Waals surface area contributed by atoms with Gasteiger partial charge in [-0.3, -0.25) is 0 Å². The molecule has 0 amide bonds. The minimum atomic E-state index is 0.172. The fourth-order valence-electron chi connectivity index (χ4n) is 3.46. The molecule has 1 saturated carbocycles. The third-order valence-corrected chi connectivity index (χ3v) is 4.27. The molecule has 1 aliphatic carbocycles. The van der Waals surface area contributed by atoms with Gasteiger partial charge in [0.1, 0.15) is 0 Å². The van der Waals surface area contributed by atoms with Crippen LogP contribution in [0, 0.1) is 0 Å². The zero-order valence-electron chi connectivity index (χ0n) is 11.6. The standard InChI is InChI=1S/C16H24N2/c1-16(2)12-18(13-8-4-3-5-9-13)15-11-7-6-10-14(15)17-16/h6-7,10-11,13,17H,3-5,8-9,12H2,1-2H3. The number of rotatable bonds is 1. The first kappa shape index (κ1) is 11.9. The predicted octanol–water partition coefficient (Wildman–Crippen LogP) is 4.03. The quantitative estimate of drug-likeness (QED) is 0.802. The van der Waals surface area contributed by atoms with Gasteiger partial charge in [0.2, 0.25) is 0 Å². The molecule has 0 unspecified atom stereocenters. The maximum absolute atomic E-state index is 3.66. The van der Waals surface area contributed by atoms with Gasteiger partial charge >= 0.3 is 0 Å². The lowest BCUT2D eigenvalue weighted by Crippen LogP contribution is -2.52. The maximum atomic E-state index is 3.66. The van der Waals surface area contributed by atoms with E-state index < -0.39 is 0 Å². The Labute approximate surface area is 110 Å². The first-order valence-corrected chi connectivity index (χ1v) is 7.30. The summed E-state index contributed by atoms with van der Waals surface area (Å²) >= 11 is 0. The monoisotopic (exact) mass is 244 g/mol. The summed E-state index contributed by atoms with van der Waals surface area (Å²) in [5.41, 5.74) is 2.88. The minimum absolute atomic E-state index is 0.172. The molecule has 0 aromatic heterocycles. The number of benzene rings is 1. The SMILES string of the molecule is CC1(C)CN(C2CCCCC2)c2ccccc2N1. The summed E-state index contributed by atoms with van der Waals surface area (Å²) in [5.74, 6) is 0. The molecular weight excluding hydrogens is 220 g/mol. The first-order chi connectivity index (χ1) is 8.66. The average Bonchev–Trinajstić information content (AvgIpc) is 2.38. The number of hydrogen-bond acceptors (Lipinski definition) is 2. The Bertz CT molecular complexity index is 419. The second-order valence-corrected chi connectivity index (χ2v) is 6.45. The van der Waals surface area contributed by atoms with Crippen LogP contribution in [0.25, 0.3) is 0 Å². The van der Waals surface area contributed by atoms with Gasteiger partial charge in [0, 0.05) is 18.1 Å². The lowest BCUT2D eigenvalue weighted by atomic mass is 9.90. The summed E-state index contributed by atoms with van der Waals surface area (Å²) in [7, 11) is 0. The van der Waals surface area contributed by atoms with E-state index in [0.29, 0.717) is 0 Å². The molecule has 1 fully saturated rings. The Morgan fingerprint density at radius 3 is 2.61 bits per heavy atom. The molecule has 2 nitrogen and oxygen atoms in total. The third kappa shape index (κ3) is 2.21. The van der Waals surface area contributed by atoms with Gasteiger partial charge in [-0.05, 0) is 38.8 Å².